The van der Waals surface area contributed by atoms with Crippen molar-refractivity contribution < 1.29 is 9.59 Å². The number of carbonyl (C=O) groups is 2. The number of hydrogen-bond acceptors (Lipinski definition) is 3. The van der Waals surface area contributed by atoms with Crippen molar-refractivity contribution in [3.05, 3.63) is 0 Å². The summed E-state index contributed by atoms with van der Waals surface area (Å²) in [6.07, 6.45) is 2.62. The van der Waals surface area contributed by atoms with E-state index in [1.807, 2.05) is 18.7 Å². The average molecular weight is 278 g/mol. The predicted octanol–water partition coefficient (Wildman–Crippen LogP) is 1.55. The first-order valence-corrected chi connectivity index (χ1v) is 7.98. The number of carbonyl (C=O) groups excluding carboxylic acids is 2. The van der Waals surface area contributed by atoms with Crippen molar-refractivity contribution >= 4 is 11.7 Å². The number of ketones is 1. The first-order chi connectivity index (χ1) is 9.41. The lowest BCUT2D eigenvalue weighted by atomic mass is 9.70. The molecule has 1 aliphatic heterocycles. The van der Waals surface area contributed by atoms with Gasteiger partial charge in [0, 0.05) is 31.6 Å². The van der Waals surface area contributed by atoms with Crippen LogP contribution in [0.1, 0.15) is 40.0 Å². The summed E-state index contributed by atoms with van der Waals surface area (Å²) in [5.74, 6) is 0.756. The van der Waals surface area contributed by atoms with Crippen LogP contribution in [0.15, 0.2) is 0 Å². The van der Waals surface area contributed by atoms with Gasteiger partial charge in [0.05, 0.1) is 0 Å². The molecule has 3 aliphatic rings. The molecule has 0 spiro atoms. The van der Waals surface area contributed by atoms with E-state index in [9.17, 15) is 9.59 Å². The second kappa shape index (κ2) is 4.55. The van der Waals surface area contributed by atoms with Crippen molar-refractivity contribution in [2.75, 3.05) is 32.7 Å². The number of amides is 1. The van der Waals surface area contributed by atoms with Crippen molar-refractivity contribution in [2.45, 2.75) is 40.0 Å². The van der Waals surface area contributed by atoms with Gasteiger partial charge in [-0.25, -0.2) is 0 Å². The normalized spacial score (nSPS) is 36.6. The Hall–Kier alpha value is -0.900. The lowest BCUT2D eigenvalue weighted by Gasteiger charge is -2.39. The minimum atomic E-state index is -0.664. The highest BCUT2D eigenvalue weighted by molar-refractivity contribution is 6.10. The highest BCUT2D eigenvalue weighted by atomic mass is 16.2. The fourth-order valence-electron chi connectivity index (χ4n) is 4.53. The summed E-state index contributed by atoms with van der Waals surface area (Å²) >= 11 is 0. The van der Waals surface area contributed by atoms with Crippen LogP contribution in [-0.2, 0) is 9.59 Å². The molecule has 4 nitrogen and oxygen atoms in total. The van der Waals surface area contributed by atoms with Gasteiger partial charge in [-0.1, -0.05) is 20.8 Å². The van der Waals surface area contributed by atoms with Crippen molar-refractivity contribution in [3.63, 3.8) is 0 Å². The zero-order chi connectivity index (χ0) is 14.5. The van der Waals surface area contributed by atoms with E-state index >= 15 is 0 Å². The Morgan fingerprint density at radius 2 is 1.90 bits per heavy atom. The number of fused-ring (bicyclic) bond motifs is 2. The van der Waals surface area contributed by atoms with E-state index in [-0.39, 0.29) is 17.1 Å². The molecule has 1 saturated heterocycles. The minimum Gasteiger partial charge on any atom is -0.339 e. The van der Waals surface area contributed by atoms with E-state index in [1.54, 1.807) is 0 Å². The van der Waals surface area contributed by atoms with Gasteiger partial charge in [-0.2, -0.15) is 0 Å². The van der Waals surface area contributed by atoms with Crippen molar-refractivity contribution in [2.24, 2.45) is 16.7 Å². The van der Waals surface area contributed by atoms with Gasteiger partial charge in [0.25, 0.3) is 0 Å². The van der Waals surface area contributed by atoms with Crippen LogP contribution in [0.2, 0.25) is 0 Å². The predicted molar refractivity (Wildman–Crippen MR) is 77.3 cm³/mol. The van der Waals surface area contributed by atoms with Gasteiger partial charge in [-0.3, -0.25) is 9.59 Å². The topological polar surface area (TPSA) is 40.6 Å². The zero-order valence-corrected chi connectivity index (χ0v) is 12.9. The monoisotopic (exact) mass is 278 g/mol. The van der Waals surface area contributed by atoms with Crippen molar-refractivity contribution in [1.82, 2.24) is 9.80 Å². The maximum Gasteiger partial charge on any atom is 0.236 e. The third-order valence-electron chi connectivity index (χ3n) is 6.07. The zero-order valence-electron chi connectivity index (χ0n) is 12.9. The van der Waals surface area contributed by atoms with Gasteiger partial charge < -0.3 is 9.80 Å². The van der Waals surface area contributed by atoms with Gasteiger partial charge >= 0.3 is 0 Å². The summed E-state index contributed by atoms with van der Waals surface area (Å²) < 4.78 is 0. The second-order valence-electron chi connectivity index (χ2n) is 7.30. The molecule has 3 fully saturated rings. The molecular weight excluding hydrogens is 252 g/mol. The van der Waals surface area contributed by atoms with Crippen LogP contribution in [-0.4, -0.2) is 54.2 Å². The van der Waals surface area contributed by atoms with Crippen molar-refractivity contribution in [1.29, 1.82) is 0 Å². The smallest absolute Gasteiger partial charge is 0.236 e. The standard InChI is InChI=1S/C16H26N2O2/c1-4-17-7-9-18(10-8-17)14(20)16-6-5-12(11-16)15(2,3)13(16)19/h12H,4-11H2,1-3H3. The Bertz CT molecular complexity index is 438. The Morgan fingerprint density at radius 3 is 2.40 bits per heavy atom. The molecule has 2 bridgehead atoms. The fourth-order valence-corrected chi connectivity index (χ4v) is 4.53. The first kappa shape index (κ1) is 14.1. The van der Waals surface area contributed by atoms with Gasteiger partial charge in [0.1, 0.15) is 5.41 Å². The summed E-state index contributed by atoms with van der Waals surface area (Å²) in [7, 11) is 0. The Labute approximate surface area is 121 Å². The van der Waals surface area contributed by atoms with Gasteiger partial charge in [0.2, 0.25) is 5.91 Å². The van der Waals surface area contributed by atoms with E-state index < -0.39 is 5.41 Å². The maximum atomic E-state index is 13.0. The number of piperazine rings is 1. The third kappa shape index (κ3) is 1.77. The molecule has 0 aromatic carbocycles. The number of rotatable bonds is 2. The quantitative estimate of drug-likeness (QED) is 0.720. The Morgan fingerprint density at radius 1 is 1.25 bits per heavy atom. The fraction of sp³-hybridized carbons (Fsp3) is 0.875. The van der Waals surface area contributed by atoms with Crippen LogP contribution in [0.5, 0.6) is 0 Å². The van der Waals surface area contributed by atoms with Crippen LogP contribution in [0.4, 0.5) is 0 Å². The molecule has 4 heteroatoms. The molecule has 0 N–H and O–H groups in total. The Kier molecular flexibility index (Phi) is 3.20. The van der Waals surface area contributed by atoms with Crippen LogP contribution in [0.25, 0.3) is 0 Å². The molecule has 1 heterocycles. The molecule has 0 aromatic rings. The largest absolute Gasteiger partial charge is 0.339 e. The summed E-state index contributed by atoms with van der Waals surface area (Å²) in [4.78, 5) is 30.0. The van der Waals surface area contributed by atoms with E-state index in [1.165, 1.54) is 0 Å². The SMILES string of the molecule is CCN1CCN(C(=O)C23CCC(C2)C(C)(C)C3=O)CC1. The van der Waals surface area contributed by atoms with Crippen LogP contribution in [0.3, 0.4) is 0 Å². The number of Topliss-reactive ketones (excluding diaryl/α,β-unsaturated/α-hetero) is 1. The van der Waals surface area contributed by atoms with Crippen LogP contribution >= 0.6 is 0 Å². The summed E-state index contributed by atoms with van der Waals surface area (Å²) in [6.45, 7) is 10.7. The highest BCUT2D eigenvalue weighted by Gasteiger charge is 2.65. The highest BCUT2D eigenvalue weighted by Crippen LogP contribution is 2.60. The lowest BCUT2D eigenvalue weighted by Crippen LogP contribution is -2.55. The summed E-state index contributed by atoms with van der Waals surface area (Å²) in [6, 6.07) is 0. The molecule has 0 aromatic heterocycles. The van der Waals surface area contributed by atoms with Crippen molar-refractivity contribution in [3.8, 4) is 0 Å². The molecule has 20 heavy (non-hydrogen) atoms. The minimum absolute atomic E-state index is 0.131. The van der Waals surface area contributed by atoms with Gasteiger partial charge in [-0.15, -0.1) is 0 Å². The van der Waals surface area contributed by atoms with Gasteiger partial charge in [-0.05, 0) is 31.7 Å². The number of likely N-dealkylation sites (N-methyl/N-ethyl adjacent to an activating group) is 1. The molecular formula is C16H26N2O2. The maximum absolute atomic E-state index is 13.0. The molecule has 2 aliphatic carbocycles. The number of nitrogens with zero attached hydrogens (tertiary/aromatic N) is 2. The number of hydrogen-bond donors (Lipinski definition) is 0. The lowest BCUT2D eigenvalue weighted by molar-refractivity contribution is -0.152. The van der Waals surface area contributed by atoms with E-state index in [0.717, 1.165) is 52.0 Å². The molecule has 1 amide bonds. The molecule has 2 atom stereocenters. The summed E-state index contributed by atoms with van der Waals surface area (Å²) in [5.41, 5.74) is -0.957. The van der Waals surface area contributed by atoms with E-state index in [0.29, 0.717) is 5.92 Å². The second-order valence-corrected chi connectivity index (χ2v) is 7.30. The molecule has 0 radical (unpaired) electrons. The molecule has 2 saturated carbocycles. The average Bonchev–Trinajstić information content (AvgIpc) is 2.98. The van der Waals surface area contributed by atoms with E-state index in [2.05, 4.69) is 11.8 Å². The first-order valence-electron chi connectivity index (χ1n) is 7.98. The van der Waals surface area contributed by atoms with E-state index in [4.69, 9.17) is 0 Å². The van der Waals surface area contributed by atoms with Crippen LogP contribution in [0, 0.1) is 16.7 Å². The van der Waals surface area contributed by atoms with Gasteiger partial charge in [0.15, 0.2) is 5.78 Å². The summed E-state index contributed by atoms with van der Waals surface area (Å²) in [5, 5.41) is 0. The molecule has 2 unspecified atom stereocenters. The third-order valence-corrected chi connectivity index (χ3v) is 6.07. The molecule has 3 rings (SSSR count). The van der Waals surface area contributed by atoms with Crippen LogP contribution < -0.4 is 0 Å². The molecule has 112 valence electrons. The Balaban J connectivity index is 1.77.